The SMILES string of the molecule is COc1cccc(C(O)c2c(OC)cccc2OC)c1N. The first-order chi connectivity index (χ1) is 10.1. The summed E-state index contributed by atoms with van der Waals surface area (Å²) in [5, 5.41) is 10.7. The highest BCUT2D eigenvalue weighted by Crippen LogP contribution is 2.40. The summed E-state index contributed by atoms with van der Waals surface area (Å²) in [7, 11) is 4.62. The molecular weight excluding hydrogens is 270 g/mol. The Kier molecular flexibility index (Phi) is 4.55. The maximum Gasteiger partial charge on any atom is 0.142 e. The maximum atomic E-state index is 10.7. The molecule has 0 spiro atoms. The monoisotopic (exact) mass is 289 g/mol. The highest BCUT2D eigenvalue weighted by molar-refractivity contribution is 5.62. The first kappa shape index (κ1) is 15.0. The summed E-state index contributed by atoms with van der Waals surface area (Å²) in [5.74, 6) is 1.58. The fourth-order valence-corrected chi connectivity index (χ4v) is 2.28. The lowest BCUT2D eigenvalue weighted by atomic mass is 9.98. The van der Waals surface area contributed by atoms with Gasteiger partial charge in [-0.2, -0.15) is 0 Å². The number of anilines is 1. The summed E-state index contributed by atoms with van der Waals surface area (Å²) in [4.78, 5) is 0. The average Bonchev–Trinajstić information content (AvgIpc) is 2.53. The second kappa shape index (κ2) is 6.37. The van der Waals surface area contributed by atoms with Crippen LogP contribution < -0.4 is 19.9 Å². The van der Waals surface area contributed by atoms with Gasteiger partial charge in [0.1, 0.15) is 23.4 Å². The van der Waals surface area contributed by atoms with Crippen LogP contribution in [-0.4, -0.2) is 26.4 Å². The van der Waals surface area contributed by atoms with Crippen molar-refractivity contribution in [1.29, 1.82) is 0 Å². The van der Waals surface area contributed by atoms with Crippen LogP contribution in [0.15, 0.2) is 36.4 Å². The first-order valence-corrected chi connectivity index (χ1v) is 6.45. The molecule has 2 rings (SSSR count). The molecule has 0 bridgehead atoms. The van der Waals surface area contributed by atoms with Gasteiger partial charge in [0.15, 0.2) is 0 Å². The standard InChI is InChI=1S/C16H19NO4/c1-19-11-7-5-8-12(20-2)14(11)16(18)10-6-4-9-13(21-3)15(10)17/h4-9,16,18H,17H2,1-3H3. The van der Waals surface area contributed by atoms with Gasteiger partial charge in [-0.15, -0.1) is 0 Å². The second-order valence-electron chi connectivity index (χ2n) is 4.44. The summed E-state index contributed by atoms with van der Waals surface area (Å²) in [6, 6.07) is 10.6. The van der Waals surface area contributed by atoms with E-state index in [2.05, 4.69) is 0 Å². The van der Waals surface area contributed by atoms with Gasteiger partial charge in [0, 0.05) is 5.56 Å². The van der Waals surface area contributed by atoms with Gasteiger partial charge in [0.25, 0.3) is 0 Å². The van der Waals surface area contributed by atoms with E-state index in [0.717, 1.165) is 0 Å². The van der Waals surface area contributed by atoms with Gasteiger partial charge in [0.05, 0.1) is 32.6 Å². The van der Waals surface area contributed by atoms with E-state index in [0.29, 0.717) is 34.1 Å². The third kappa shape index (κ3) is 2.73. The van der Waals surface area contributed by atoms with Crippen molar-refractivity contribution in [2.24, 2.45) is 0 Å². The van der Waals surface area contributed by atoms with Crippen LogP contribution in [0, 0.1) is 0 Å². The van der Waals surface area contributed by atoms with Crippen LogP contribution in [0.4, 0.5) is 5.69 Å². The number of rotatable bonds is 5. The van der Waals surface area contributed by atoms with Crippen LogP contribution in [-0.2, 0) is 0 Å². The number of ether oxygens (including phenoxy) is 3. The van der Waals surface area contributed by atoms with Crippen molar-refractivity contribution < 1.29 is 19.3 Å². The van der Waals surface area contributed by atoms with Gasteiger partial charge in [-0.3, -0.25) is 0 Å². The number of aliphatic hydroxyl groups is 1. The topological polar surface area (TPSA) is 73.9 Å². The molecule has 0 aliphatic heterocycles. The van der Waals surface area contributed by atoms with Crippen LogP contribution in [0.1, 0.15) is 17.2 Å². The Morgan fingerprint density at radius 1 is 0.857 bits per heavy atom. The number of aliphatic hydroxyl groups excluding tert-OH is 1. The fraction of sp³-hybridized carbons (Fsp3) is 0.250. The molecule has 0 fully saturated rings. The molecule has 0 radical (unpaired) electrons. The lowest BCUT2D eigenvalue weighted by Gasteiger charge is -2.20. The maximum absolute atomic E-state index is 10.7. The largest absolute Gasteiger partial charge is 0.496 e. The van der Waals surface area contributed by atoms with E-state index in [1.54, 1.807) is 50.6 Å². The van der Waals surface area contributed by atoms with Crippen molar-refractivity contribution in [3.63, 3.8) is 0 Å². The number of para-hydroxylation sites is 1. The van der Waals surface area contributed by atoms with E-state index >= 15 is 0 Å². The van der Waals surface area contributed by atoms with Crippen LogP contribution >= 0.6 is 0 Å². The molecule has 0 aliphatic carbocycles. The third-order valence-corrected chi connectivity index (χ3v) is 3.35. The molecule has 0 heterocycles. The van der Waals surface area contributed by atoms with Crippen molar-refractivity contribution in [3.05, 3.63) is 47.5 Å². The Morgan fingerprint density at radius 2 is 1.33 bits per heavy atom. The van der Waals surface area contributed by atoms with Gasteiger partial charge in [0.2, 0.25) is 0 Å². The molecule has 112 valence electrons. The third-order valence-electron chi connectivity index (χ3n) is 3.35. The fourth-order valence-electron chi connectivity index (χ4n) is 2.28. The molecule has 5 nitrogen and oxygen atoms in total. The highest BCUT2D eigenvalue weighted by Gasteiger charge is 2.23. The zero-order chi connectivity index (χ0) is 15.4. The minimum absolute atomic E-state index is 0.389. The highest BCUT2D eigenvalue weighted by atomic mass is 16.5. The number of nitrogens with two attached hydrogens (primary N) is 1. The zero-order valence-electron chi connectivity index (χ0n) is 12.3. The predicted octanol–water partition coefficient (Wildman–Crippen LogP) is 2.38. The molecule has 0 saturated carbocycles. The Balaban J connectivity index is 2.57. The summed E-state index contributed by atoms with van der Waals surface area (Å²) in [6.45, 7) is 0. The predicted molar refractivity (Wildman–Crippen MR) is 81.0 cm³/mol. The molecule has 0 amide bonds. The zero-order valence-corrected chi connectivity index (χ0v) is 12.3. The summed E-state index contributed by atoms with van der Waals surface area (Å²) >= 11 is 0. The smallest absolute Gasteiger partial charge is 0.142 e. The van der Waals surface area contributed by atoms with Crippen LogP contribution in [0.5, 0.6) is 17.2 Å². The quantitative estimate of drug-likeness (QED) is 0.827. The first-order valence-electron chi connectivity index (χ1n) is 6.45. The summed E-state index contributed by atoms with van der Waals surface area (Å²) in [6.07, 6.45) is -0.980. The van der Waals surface area contributed by atoms with Gasteiger partial charge in [-0.1, -0.05) is 18.2 Å². The molecule has 3 N–H and O–H groups in total. The van der Waals surface area contributed by atoms with E-state index in [-0.39, 0.29) is 0 Å². The van der Waals surface area contributed by atoms with Crippen LogP contribution in [0.3, 0.4) is 0 Å². The number of hydrogen-bond donors (Lipinski definition) is 2. The van der Waals surface area contributed by atoms with Crippen molar-refractivity contribution in [2.75, 3.05) is 27.1 Å². The van der Waals surface area contributed by atoms with E-state index in [4.69, 9.17) is 19.9 Å². The van der Waals surface area contributed by atoms with Crippen LogP contribution in [0.2, 0.25) is 0 Å². The molecule has 21 heavy (non-hydrogen) atoms. The minimum atomic E-state index is -0.980. The van der Waals surface area contributed by atoms with E-state index in [9.17, 15) is 5.11 Å². The lowest BCUT2D eigenvalue weighted by molar-refractivity contribution is 0.209. The molecule has 1 atom stereocenters. The lowest BCUT2D eigenvalue weighted by Crippen LogP contribution is -2.08. The molecule has 2 aromatic rings. The molecule has 0 aromatic heterocycles. The van der Waals surface area contributed by atoms with Crippen molar-refractivity contribution in [3.8, 4) is 17.2 Å². The van der Waals surface area contributed by atoms with Crippen molar-refractivity contribution in [1.82, 2.24) is 0 Å². The number of nitrogen functional groups attached to an aromatic ring is 1. The number of benzene rings is 2. The van der Waals surface area contributed by atoms with Crippen molar-refractivity contribution >= 4 is 5.69 Å². The summed E-state index contributed by atoms with van der Waals surface area (Å²) in [5.41, 5.74) is 7.51. The average molecular weight is 289 g/mol. The molecular formula is C16H19NO4. The Labute approximate surface area is 123 Å². The molecule has 2 aromatic carbocycles. The number of hydrogen-bond acceptors (Lipinski definition) is 5. The van der Waals surface area contributed by atoms with E-state index in [1.807, 2.05) is 0 Å². The number of methoxy groups -OCH3 is 3. The molecule has 5 heteroatoms. The summed E-state index contributed by atoms with van der Waals surface area (Å²) < 4.78 is 15.8. The molecule has 0 saturated heterocycles. The second-order valence-corrected chi connectivity index (χ2v) is 4.44. The van der Waals surface area contributed by atoms with Gasteiger partial charge in [-0.05, 0) is 18.2 Å². The normalized spacial score (nSPS) is 11.8. The van der Waals surface area contributed by atoms with Gasteiger partial charge in [-0.25, -0.2) is 0 Å². The van der Waals surface area contributed by atoms with E-state index in [1.165, 1.54) is 7.11 Å². The minimum Gasteiger partial charge on any atom is -0.496 e. The van der Waals surface area contributed by atoms with Gasteiger partial charge >= 0.3 is 0 Å². The Hall–Kier alpha value is -2.40. The molecule has 1 unspecified atom stereocenters. The van der Waals surface area contributed by atoms with Crippen molar-refractivity contribution in [2.45, 2.75) is 6.10 Å². The Bertz CT molecular complexity index is 605. The Morgan fingerprint density at radius 3 is 1.86 bits per heavy atom. The van der Waals surface area contributed by atoms with Gasteiger partial charge < -0.3 is 25.1 Å². The molecule has 0 aliphatic rings. The van der Waals surface area contributed by atoms with E-state index < -0.39 is 6.10 Å². The van der Waals surface area contributed by atoms with Crippen LogP contribution in [0.25, 0.3) is 0 Å².